The zero-order valence-electron chi connectivity index (χ0n) is 7.67. The molecule has 14 heavy (non-hydrogen) atoms. The third-order valence-electron chi connectivity index (χ3n) is 2.26. The molecule has 0 saturated carbocycles. The second-order valence-electron chi connectivity index (χ2n) is 3.20. The summed E-state index contributed by atoms with van der Waals surface area (Å²) in [5.41, 5.74) is 1.15. The highest BCUT2D eigenvalue weighted by molar-refractivity contribution is 9.10. The van der Waals surface area contributed by atoms with E-state index in [4.69, 9.17) is 16.3 Å². The van der Waals surface area contributed by atoms with Crippen LogP contribution < -0.4 is 4.90 Å². The van der Waals surface area contributed by atoms with E-state index in [1.165, 1.54) is 0 Å². The van der Waals surface area contributed by atoms with Gasteiger partial charge in [-0.3, -0.25) is 0 Å². The topological polar surface area (TPSA) is 12.5 Å². The number of hydrogen-bond donors (Lipinski definition) is 0. The Morgan fingerprint density at radius 2 is 2.00 bits per heavy atom. The molecule has 0 atom stereocenters. The van der Waals surface area contributed by atoms with E-state index in [9.17, 15) is 0 Å². The molecule has 1 aromatic carbocycles. The molecule has 2 rings (SSSR count). The minimum atomic E-state index is 0.773. The van der Waals surface area contributed by atoms with E-state index in [0.29, 0.717) is 0 Å². The number of anilines is 1. The van der Waals surface area contributed by atoms with Gasteiger partial charge in [0.05, 0.1) is 18.9 Å². The van der Waals surface area contributed by atoms with Gasteiger partial charge < -0.3 is 9.64 Å². The molecule has 0 bridgehead atoms. The average molecular weight is 277 g/mol. The van der Waals surface area contributed by atoms with Crippen molar-refractivity contribution in [3.8, 4) is 0 Å². The van der Waals surface area contributed by atoms with Gasteiger partial charge in [0.1, 0.15) is 0 Å². The molecule has 1 aliphatic heterocycles. The van der Waals surface area contributed by atoms with E-state index >= 15 is 0 Å². The largest absolute Gasteiger partial charge is 0.378 e. The minimum absolute atomic E-state index is 0.773. The first-order valence-corrected chi connectivity index (χ1v) is 5.72. The first-order valence-electron chi connectivity index (χ1n) is 4.55. The third kappa shape index (κ3) is 2.22. The summed E-state index contributed by atoms with van der Waals surface area (Å²) in [6, 6.07) is 5.85. The van der Waals surface area contributed by atoms with Crippen molar-refractivity contribution < 1.29 is 4.74 Å². The molecule has 76 valence electrons. The van der Waals surface area contributed by atoms with E-state index in [1.54, 1.807) is 0 Å². The van der Waals surface area contributed by atoms with Gasteiger partial charge in [-0.05, 0) is 34.1 Å². The molecule has 4 heteroatoms. The molecular weight excluding hydrogens is 265 g/mol. The summed E-state index contributed by atoms with van der Waals surface area (Å²) in [4.78, 5) is 2.28. The number of nitrogens with zero attached hydrogens (tertiary/aromatic N) is 1. The highest BCUT2D eigenvalue weighted by atomic mass is 79.9. The molecule has 0 aliphatic carbocycles. The van der Waals surface area contributed by atoms with Gasteiger partial charge in [0.2, 0.25) is 0 Å². The molecule has 0 unspecified atom stereocenters. The Morgan fingerprint density at radius 1 is 1.29 bits per heavy atom. The molecule has 0 spiro atoms. The van der Waals surface area contributed by atoms with Crippen molar-refractivity contribution in [2.75, 3.05) is 31.2 Å². The van der Waals surface area contributed by atoms with Crippen LogP contribution in [-0.4, -0.2) is 26.3 Å². The highest BCUT2D eigenvalue weighted by Crippen LogP contribution is 2.29. The SMILES string of the molecule is Clc1ccc(Br)c(N2CCOCC2)c1. The van der Waals surface area contributed by atoms with Crippen molar-refractivity contribution in [1.82, 2.24) is 0 Å². The van der Waals surface area contributed by atoms with Gasteiger partial charge in [-0.15, -0.1) is 0 Å². The standard InChI is InChI=1S/C10H11BrClNO/c11-9-2-1-8(12)7-10(9)13-3-5-14-6-4-13/h1-2,7H,3-6H2. The maximum Gasteiger partial charge on any atom is 0.0642 e. The highest BCUT2D eigenvalue weighted by Gasteiger charge is 2.13. The minimum Gasteiger partial charge on any atom is -0.378 e. The van der Waals surface area contributed by atoms with Crippen molar-refractivity contribution in [3.05, 3.63) is 27.7 Å². The lowest BCUT2D eigenvalue weighted by Gasteiger charge is -2.29. The van der Waals surface area contributed by atoms with Gasteiger partial charge in [-0.25, -0.2) is 0 Å². The third-order valence-corrected chi connectivity index (χ3v) is 3.17. The lowest BCUT2D eigenvalue weighted by molar-refractivity contribution is 0.122. The molecule has 1 fully saturated rings. The summed E-state index contributed by atoms with van der Waals surface area (Å²) in [6.07, 6.45) is 0. The lowest BCUT2D eigenvalue weighted by Crippen LogP contribution is -2.36. The predicted octanol–water partition coefficient (Wildman–Crippen LogP) is 2.94. The summed E-state index contributed by atoms with van der Waals surface area (Å²) in [6.45, 7) is 3.44. The molecular formula is C10H11BrClNO. The van der Waals surface area contributed by atoms with Crippen LogP contribution in [0.25, 0.3) is 0 Å². The van der Waals surface area contributed by atoms with Crippen molar-refractivity contribution >= 4 is 33.2 Å². The number of benzene rings is 1. The normalized spacial score (nSPS) is 17.1. The first-order chi connectivity index (χ1) is 6.77. The molecule has 1 heterocycles. The molecule has 1 saturated heterocycles. The van der Waals surface area contributed by atoms with Crippen LogP contribution in [0.1, 0.15) is 0 Å². The zero-order valence-corrected chi connectivity index (χ0v) is 10.0. The maximum atomic E-state index is 5.96. The Morgan fingerprint density at radius 3 is 2.71 bits per heavy atom. The number of rotatable bonds is 1. The molecule has 1 aromatic rings. The Hall–Kier alpha value is -0.250. The van der Waals surface area contributed by atoms with Crippen LogP contribution in [0.4, 0.5) is 5.69 Å². The molecule has 0 N–H and O–H groups in total. The van der Waals surface area contributed by atoms with Crippen molar-refractivity contribution in [1.29, 1.82) is 0 Å². The maximum absolute atomic E-state index is 5.96. The first kappa shape index (κ1) is 10.3. The van der Waals surface area contributed by atoms with Crippen LogP contribution in [0.15, 0.2) is 22.7 Å². The van der Waals surface area contributed by atoms with Crippen LogP contribution in [0.5, 0.6) is 0 Å². The quantitative estimate of drug-likeness (QED) is 0.782. The fraction of sp³-hybridized carbons (Fsp3) is 0.400. The Bertz CT molecular complexity index is 326. The number of morpholine rings is 1. The van der Waals surface area contributed by atoms with Gasteiger partial charge >= 0.3 is 0 Å². The van der Waals surface area contributed by atoms with E-state index in [1.807, 2.05) is 18.2 Å². The summed E-state index contributed by atoms with van der Waals surface area (Å²) in [7, 11) is 0. The Labute approximate surface area is 96.9 Å². The smallest absolute Gasteiger partial charge is 0.0642 e. The summed E-state index contributed by atoms with van der Waals surface area (Å²) in [5.74, 6) is 0. The van der Waals surface area contributed by atoms with Crippen LogP contribution in [0.3, 0.4) is 0 Å². The summed E-state index contributed by atoms with van der Waals surface area (Å²) < 4.78 is 6.39. The molecule has 0 amide bonds. The summed E-state index contributed by atoms with van der Waals surface area (Å²) in [5, 5.41) is 0.773. The fourth-order valence-corrected chi connectivity index (χ4v) is 2.20. The van der Waals surface area contributed by atoms with Crippen molar-refractivity contribution in [2.24, 2.45) is 0 Å². The summed E-state index contributed by atoms with van der Waals surface area (Å²) >= 11 is 9.48. The van der Waals surface area contributed by atoms with Gasteiger partial charge in [0.15, 0.2) is 0 Å². The van der Waals surface area contributed by atoms with Crippen LogP contribution in [-0.2, 0) is 4.74 Å². The monoisotopic (exact) mass is 275 g/mol. The van der Waals surface area contributed by atoms with Crippen molar-refractivity contribution in [3.63, 3.8) is 0 Å². The lowest BCUT2D eigenvalue weighted by atomic mass is 10.2. The van der Waals surface area contributed by atoms with Crippen molar-refractivity contribution in [2.45, 2.75) is 0 Å². The molecule has 0 aromatic heterocycles. The van der Waals surface area contributed by atoms with E-state index < -0.39 is 0 Å². The van der Waals surface area contributed by atoms with Gasteiger partial charge in [-0.2, -0.15) is 0 Å². The second kappa shape index (κ2) is 4.51. The average Bonchev–Trinajstić information content (AvgIpc) is 2.23. The van der Waals surface area contributed by atoms with Crippen LogP contribution >= 0.6 is 27.5 Å². The predicted molar refractivity (Wildman–Crippen MR) is 62.2 cm³/mol. The zero-order chi connectivity index (χ0) is 9.97. The van der Waals surface area contributed by atoms with Crippen LogP contribution in [0, 0.1) is 0 Å². The number of halogens is 2. The fourth-order valence-electron chi connectivity index (χ4n) is 1.53. The van der Waals surface area contributed by atoms with Gasteiger partial charge in [-0.1, -0.05) is 11.6 Å². The van der Waals surface area contributed by atoms with Gasteiger partial charge in [0, 0.05) is 22.6 Å². The number of ether oxygens (including phenoxy) is 1. The molecule has 1 aliphatic rings. The number of hydrogen-bond acceptors (Lipinski definition) is 2. The van der Waals surface area contributed by atoms with E-state index in [0.717, 1.165) is 41.5 Å². The van der Waals surface area contributed by atoms with E-state index in [2.05, 4.69) is 20.8 Å². The van der Waals surface area contributed by atoms with Gasteiger partial charge in [0.25, 0.3) is 0 Å². The Balaban J connectivity index is 2.24. The molecule has 2 nitrogen and oxygen atoms in total. The van der Waals surface area contributed by atoms with E-state index in [-0.39, 0.29) is 0 Å². The van der Waals surface area contributed by atoms with Crippen LogP contribution in [0.2, 0.25) is 5.02 Å². The Kier molecular flexibility index (Phi) is 3.31. The second-order valence-corrected chi connectivity index (χ2v) is 4.49. The molecule has 0 radical (unpaired) electrons.